The summed E-state index contributed by atoms with van der Waals surface area (Å²) in [5, 5.41) is 14.4. The first-order valence-corrected chi connectivity index (χ1v) is 6.57. The molecule has 0 unspecified atom stereocenters. The fraction of sp³-hybridized carbons (Fsp3) is 0.429. The molecule has 100 valence electrons. The van der Waals surface area contributed by atoms with Crippen molar-refractivity contribution >= 4 is 5.82 Å². The van der Waals surface area contributed by atoms with Gasteiger partial charge in [0.05, 0.1) is 18.3 Å². The van der Waals surface area contributed by atoms with Gasteiger partial charge in [-0.3, -0.25) is 4.68 Å². The van der Waals surface area contributed by atoms with Gasteiger partial charge in [-0.15, -0.1) is 0 Å². The molecular formula is C14H18N4O. The number of hydrogen-bond donors (Lipinski definition) is 1. The van der Waals surface area contributed by atoms with Crippen molar-refractivity contribution in [2.24, 2.45) is 7.05 Å². The fourth-order valence-corrected chi connectivity index (χ4v) is 2.71. The summed E-state index contributed by atoms with van der Waals surface area (Å²) in [6.45, 7) is 0.850. The van der Waals surface area contributed by atoms with Gasteiger partial charge in [0.25, 0.3) is 0 Å². The van der Waals surface area contributed by atoms with E-state index in [0.29, 0.717) is 0 Å². The van der Waals surface area contributed by atoms with E-state index in [-0.39, 0.29) is 12.1 Å². The summed E-state index contributed by atoms with van der Waals surface area (Å²) in [5.41, 5.74) is 1.15. The van der Waals surface area contributed by atoms with Gasteiger partial charge in [-0.05, 0) is 30.5 Å². The van der Waals surface area contributed by atoms with Gasteiger partial charge in [0.2, 0.25) is 0 Å². The second kappa shape index (κ2) is 5.01. The standard InChI is InChI=1S/C14H18N4O/c1-17-10-11(9-16-17)8-12-13(19)5-7-18(12)14-4-2-3-6-15-14/h2-4,6,9-10,12-13,19H,5,7-8H2,1H3/t12-,13-/m1/s1. The lowest BCUT2D eigenvalue weighted by molar-refractivity contribution is 0.164. The first-order valence-electron chi connectivity index (χ1n) is 6.57. The lowest BCUT2D eigenvalue weighted by Gasteiger charge is -2.26. The monoisotopic (exact) mass is 258 g/mol. The quantitative estimate of drug-likeness (QED) is 0.892. The number of nitrogens with zero attached hydrogens (tertiary/aromatic N) is 4. The third-order valence-corrected chi connectivity index (χ3v) is 3.66. The highest BCUT2D eigenvalue weighted by atomic mass is 16.3. The first kappa shape index (κ1) is 12.2. The van der Waals surface area contributed by atoms with E-state index >= 15 is 0 Å². The van der Waals surface area contributed by atoms with Crippen LogP contribution in [0.25, 0.3) is 0 Å². The van der Waals surface area contributed by atoms with Gasteiger partial charge in [-0.2, -0.15) is 5.10 Å². The van der Waals surface area contributed by atoms with Gasteiger partial charge in [0.15, 0.2) is 0 Å². The van der Waals surface area contributed by atoms with E-state index in [4.69, 9.17) is 0 Å². The van der Waals surface area contributed by atoms with Gasteiger partial charge in [0.1, 0.15) is 5.82 Å². The maximum atomic E-state index is 10.2. The Kier molecular flexibility index (Phi) is 3.21. The average molecular weight is 258 g/mol. The number of hydrogen-bond acceptors (Lipinski definition) is 4. The smallest absolute Gasteiger partial charge is 0.128 e. The summed E-state index contributed by atoms with van der Waals surface area (Å²) >= 11 is 0. The molecule has 0 aliphatic carbocycles. The molecule has 0 spiro atoms. The number of aliphatic hydroxyl groups excluding tert-OH is 1. The number of rotatable bonds is 3. The van der Waals surface area contributed by atoms with Crippen LogP contribution in [0.15, 0.2) is 36.8 Å². The minimum absolute atomic E-state index is 0.0825. The van der Waals surface area contributed by atoms with E-state index in [1.165, 1.54) is 0 Å². The van der Waals surface area contributed by atoms with E-state index < -0.39 is 0 Å². The molecule has 0 amide bonds. The lowest BCUT2D eigenvalue weighted by atomic mass is 10.0. The maximum Gasteiger partial charge on any atom is 0.128 e. The Morgan fingerprint density at radius 1 is 1.42 bits per heavy atom. The minimum Gasteiger partial charge on any atom is -0.391 e. The zero-order chi connectivity index (χ0) is 13.2. The zero-order valence-electron chi connectivity index (χ0n) is 11.0. The van der Waals surface area contributed by atoms with Crippen molar-refractivity contribution in [3.05, 3.63) is 42.4 Å². The number of aryl methyl sites for hydroxylation is 1. The Labute approximate surface area is 112 Å². The molecule has 1 saturated heterocycles. The molecule has 5 heteroatoms. The number of aromatic nitrogens is 3. The molecule has 1 N–H and O–H groups in total. The van der Waals surface area contributed by atoms with Gasteiger partial charge in [0, 0.05) is 26.0 Å². The van der Waals surface area contributed by atoms with Crippen molar-refractivity contribution in [2.75, 3.05) is 11.4 Å². The lowest BCUT2D eigenvalue weighted by Crippen LogP contribution is -2.37. The molecule has 19 heavy (non-hydrogen) atoms. The Morgan fingerprint density at radius 3 is 3.00 bits per heavy atom. The van der Waals surface area contributed by atoms with Crippen LogP contribution < -0.4 is 4.90 Å². The number of pyridine rings is 1. The van der Waals surface area contributed by atoms with Crippen LogP contribution in [0.5, 0.6) is 0 Å². The largest absolute Gasteiger partial charge is 0.391 e. The van der Waals surface area contributed by atoms with E-state index in [0.717, 1.165) is 30.8 Å². The van der Waals surface area contributed by atoms with Crippen molar-refractivity contribution < 1.29 is 5.11 Å². The summed E-state index contributed by atoms with van der Waals surface area (Å²) in [6.07, 6.45) is 6.94. The Bertz CT molecular complexity index is 539. The van der Waals surface area contributed by atoms with Crippen LogP contribution in [0.3, 0.4) is 0 Å². The first-order chi connectivity index (χ1) is 9.24. The number of anilines is 1. The normalized spacial score (nSPS) is 22.9. The van der Waals surface area contributed by atoms with Crippen molar-refractivity contribution in [2.45, 2.75) is 25.0 Å². The molecule has 0 aromatic carbocycles. The molecule has 2 aromatic rings. The van der Waals surface area contributed by atoms with Gasteiger partial charge in [-0.25, -0.2) is 4.98 Å². The Balaban J connectivity index is 1.81. The second-order valence-electron chi connectivity index (χ2n) is 5.03. The summed E-state index contributed by atoms with van der Waals surface area (Å²) in [5.74, 6) is 0.938. The van der Waals surface area contributed by atoms with Crippen molar-refractivity contribution in [1.29, 1.82) is 0 Å². The van der Waals surface area contributed by atoms with E-state index in [1.807, 2.05) is 37.6 Å². The molecule has 0 saturated carbocycles. The second-order valence-corrected chi connectivity index (χ2v) is 5.03. The molecule has 0 bridgehead atoms. The molecule has 1 aliphatic rings. The summed E-state index contributed by atoms with van der Waals surface area (Å²) in [6, 6.07) is 5.97. The van der Waals surface area contributed by atoms with E-state index in [2.05, 4.69) is 15.0 Å². The highest BCUT2D eigenvalue weighted by Gasteiger charge is 2.33. The van der Waals surface area contributed by atoms with E-state index in [1.54, 1.807) is 10.9 Å². The molecule has 2 aromatic heterocycles. The van der Waals surface area contributed by atoms with Gasteiger partial charge in [-0.1, -0.05) is 6.07 Å². The van der Waals surface area contributed by atoms with Crippen LogP contribution in [0.2, 0.25) is 0 Å². The van der Waals surface area contributed by atoms with Crippen LogP contribution in [-0.4, -0.2) is 38.6 Å². The van der Waals surface area contributed by atoms with Gasteiger partial charge < -0.3 is 10.0 Å². The third-order valence-electron chi connectivity index (χ3n) is 3.66. The van der Waals surface area contributed by atoms with Crippen molar-refractivity contribution in [1.82, 2.24) is 14.8 Å². The third kappa shape index (κ3) is 2.46. The Hall–Kier alpha value is -1.88. The molecular weight excluding hydrogens is 240 g/mol. The molecule has 2 atom stereocenters. The Morgan fingerprint density at radius 2 is 2.32 bits per heavy atom. The molecule has 0 radical (unpaired) electrons. The predicted octanol–water partition coefficient (Wildman–Crippen LogP) is 0.997. The molecule has 1 aliphatic heterocycles. The van der Waals surface area contributed by atoms with Crippen molar-refractivity contribution in [3.63, 3.8) is 0 Å². The fourth-order valence-electron chi connectivity index (χ4n) is 2.71. The highest BCUT2D eigenvalue weighted by molar-refractivity contribution is 5.42. The predicted molar refractivity (Wildman–Crippen MR) is 72.9 cm³/mol. The van der Waals surface area contributed by atoms with Crippen LogP contribution in [0.4, 0.5) is 5.82 Å². The zero-order valence-corrected chi connectivity index (χ0v) is 11.0. The van der Waals surface area contributed by atoms with Crippen LogP contribution in [0, 0.1) is 0 Å². The summed E-state index contributed by atoms with van der Waals surface area (Å²) in [4.78, 5) is 6.58. The molecule has 3 heterocycles. The molecule has 1 fully saturated rings. The average Bonchev–Trinajstić information content (AvgIpc) is 2.99. The van der Waals surface area contributed by atoms with Crippen LogP contribution >= 0.6 is 0 Å². The molecule has 5 nitrogen and oxygen atoms in total. The van der Waals surface area contributed by atoms with Crippen LogP contribution in [0.1, 0.15) is 12.0 Å². The highest BCUT2D eigenvalue weighted by Crippen LogP contribution is 2.26. The van der Waals surface area contributed by atoms with Gasteiger partial charge >= 0.3 is 0 Å². The minimum atomic E-state index is -0.304. The number of aliphatic hydroxyl groups is 1. The SMILES string of the molecule is Cn1cc(C[C@@H]2[C@H](O)CCN2c2ccccn2)cn1. The van der Waals surface area contributed by atoms with E-state index in [9.17, 15) is 5.11 Å². The summed E-state index contributed by atoms with van der Waals surface area (Å²) < 4.78 is 1.79. The summed E-state index contributed by atoms with van der Waals surface area (Å²) in [7, 11) is 1.91. The molecule has 3 rings (SSSR count). The topological polar surface area (TPSA) is 54.2 Å². The maximum absolute atomic E-state index is 10.2. The van der Waals surface area contributed by atoms with Crippen LogP contribution in [-0.2, 0) is 13.5 Å². The van der Waals surface area contributed by atoms with Crippen molar-refractivity contribution in [3.8, 4) is 0 Å².